The van der Waals surface area contributed by atoms with Gasteiger partial charge in [0.05, 0.1) is 6.20 Å². The van der Waals surface area contributed by atoms with Gasteiger partial charge in [-0.25, -0.2) is 0 Å². The van der Waals surface area contributed by atoms with E-state index in [1.807, 2.05) is 24.3 Å². The molecule has 3 rings (SSSR count). The van der Waals surface area contributed by atoms with E-state index < -0.39 is 0 Å². The van der Waals surface area contributed by atoms with Crippen LogP contribution in [0, 0.1) is 0 Å². The number of benzene rings is 1. The van der Waals surface area contributed by atoms with Gasteiger partial charge in [0.1, 0.15) is 12.2 Å². The number of carbonyl (C=O) groups is 2. The SMILES string of the molecule is O=C1CC(=O)n2ncc(-c3ccc(Br)cc3)c2N1. The first-order valence-electron chi connectivity index (χ1n) is 5.32. The minimum Gasteiger partial charge on any atom is -0.310 e. The second-order valence-corrected chi connectivity index (χ2v) is 4.86. The number of nitrogens with one attached hydrogen (secondary N) is 1. The highest BCUT2D eigenvalue weighted by Crippen LogP contribution is 2.30. The number of halogens is 1. The predicted octanol–water partition coefficient (Wildman–Crippen LogP) is 2.29. The van der Waals surface area contributed by atoms with Crippen molar-refractivity contribution in [2.24, 2.45) is 0 Å². The van der Waals surface area contributed by atoms with E-state index in [1.54, 1.807) is 6.20 Å². The van der Waals surface area contributed by atoms with Gasteiger partial charge in [0.15, 0.2) is 0 Å². The molecule has 1 amide bonds. The zero-order valence-electron chi connectivity index (χ0n) is 9.18. The predicted molar refractivity (Wildman–Crippen MR) is 69.2 cm³/mol. The molecule has 0 saturated carbocycles. The number of fused-ring (bicyclic) bond motifs is 1. The molecule has 90 valence electrons. The Morgan fingerprint density at radius 1 is 1.22 bits per heavy atom. The number of rotatable bonds is 1. The molecule has 0 spiro atoms. The van der Waals surface area contributed by atoms with Crippen LogP contribution in [0.25, 0.3) is 11.1 Å². The van der Waals surface area contributed by atoms with Gasteiger partial charge in [-0.2, -0.15) is 9.78 Å². The molecule has 1 N–H and O–H groups in total. The summed E-state index contributed by atoms with van der Waals surface area (Å²) in [6.45, 7) is 0. The summed E-state index contributed by atoms with van der Waals surface area (Å²) in [4.78, 5) is 23.0. The van der Waals surface area contributed by atoms with E-state index in [1.165, 1.54) is 4.68 Å². The van der Waals surface area contributed by atoms with Crippen LogP contribution in [0.3, 0.4) is 0 Å². The first-order valence-corrected chi connectivity index (χ1v) is 6.11. The Kier molecular flexibility index (Phi) is 2.52. The normalized spacial score (nSPS) is 14.3. The lowest BCUT2D eigenvalue weighted by molar-refractivity contribution is -0.115. The number of anilines is 1. The molecule has 0 radical (unpaired) electrons. The first kappa shape index (κ1) is 11.2. The van der Waals surface area contributed by atoms with Gasteiger partial charge in [0, 0.05) is 10.0 Å². The van der Waals surface area contributed by atoms with Crippen LogP contribution in [0.5, 0.6) is 0 Å². The van der Waals surface area contributed by atoms with Gasteiger partial charge in [0.25, 0.3) is 5.91 Å². The molecule has 2 heterocycles. The van der Waals surface area contributed by atoms with Crippen LogP contribution in [0.2, 0.25) is 0 Å². The molecule has 0 unspecified atom stereocenters. The number of hydrogen-bond acceptors (Lipinski definition) is 3. The Morgan fingerprint density at radius 2 is 1.94 bits per heavy atom. The second kappa shape index (κ2) is 4.06. The molecule has 0 atom stereocenters. The summed E-state index contributed by atoms with van der Waals surface area (Å²) in [6.07, 6.45) is 1.43. The number of carbonyl (C=O) groups excluding carboxylic acids is 2. The average molecular weight is 306 g/mol. The van der Waals surface area contributed by atoms with E-state index in [0.717, 1.165) is 15.6 Å². The van der Waals surface area contributed by atoms with Crippen molar-refractivity contribution in [1.29, 1.82) is 0 Å². The molecule has 18 heavy (non-hydrogen) atoms. The van der Waals surface area contributed by atoms with Gasteiger partial charge in [-0.15, -0.1) is 0 Å². The second-order valence-electron chi connectivity index (χ2n) is 3.94. The summed E-state index contributed by atoms with van der Waals surface area (Å²) < 4.78 is 2.20. The molecule has 1 aromatic heterocycles. The minimum absolute atomic E-state index is 0.158. The van der Waals surface area contributed by atoms with E-state index >= 15 is 0 Å². The smallest absolute Gasteiger partial charge is 0.258 e. The van der Waals surface area contributed by atoms with Crippen molar-refractivity contribution in [2.45, 2.75) is 6.42 Å². The lowest BCUT2D eigenvalue weighted by Gasteiger charge is -2.14. The third-order valence-electron chi connectivity index (χ3n) is 2.73. The summed E-state index contributed by atoms with van der Waals surface area (Å²) in [5, 5.41) is 6.69. The highest BCUT2D eigenvalue weighted by atomic mass is 79.9. The van der Waals surface area contributed by atoms with Gasteiger partial charge in [-0.1, -0.05) is 28.1 Å². The Balaban J connectivity index is 2.12. The number of aromatic nitrogens is 2. The van der Waals surface area contributed by atoms with Gasteiger partial charge in [0.2, 0.25) is 5.91 Å². The molecule has 0 bridgehead atoms. The maximum atomic E-state index is 11.6. The fraction of sp³-hybridized carbons (Fsp3) is 0.0833. The Bertz CT molecular complexity index is 646. The van der Waals surface area contributed by atoms with E-state index in [4.69, 9.17) is 0 Å². The van der Waals surface area contributed by atoms with Crippen molar-refractivity contribution in [3.63, 3.8) is 0 Å². The molecule has 6 heteroatoms. The maximum Gasteiger partial charge on any atom is 0.258 e. The molecular formula is C12H8BrN3O2. The van der Waals surface area contributed by atoms with Gasteiger partial charge in [-0.3, -0.25) is 9.59 Å². The highest BCUT2D eigenvalue weighted by Gasteiger charge is 2.26. The topological polar surface area (TPSA) is 64.0 Å². The van der Waals surface area contributed by atoms with Crippen molar-refractivity contribution < 1.29 is 9.59 Å². The first-order chi connectivity index (χ1) is 8.65. The summed E-state index contributed by atoms with van der Waals surface area (Å²) in [5.74, 6) is -0.165. The van der Waals surface area contributed by atoms with Crippen LogP contribution in [0.1, 0.15) is 11.2 Å². The zero-order valence-corrected chi connectivity index (χ0v) is 10.8. The van der Waals surface area contributed by atoms with E-state index in [0.29, 0.717) is 5.82 Å². The third kappa shape index (κ3) is 1.74. The maximum absolute atomic E-state index is 11.6. The number of hydrogen-bond donors (Lipinski definition) is 1. The van der Waals surface area contributed by atoms with Gasteiger partial charge >= 0.3 is 0 Å². The summed E-state index contributed by atoms with van der Waals surface area (Å²) in [7, 11) is 0. The van der Waals surface area contributed by atoms with Crippen molar-refractivity contribution in [3.8, 4) is 11.1 Å². The van der Waals surface area contributed by atoms with Crippen molar-refractivity contribution in [3.05, 3.63) is 34.9 Å². The van der Waals surface area contributed by atoms with Gasteiger partial charge < -0.3 is 5.32 Å². The molecule has 0 fully saturated rings. The Hall–Kier alpha value is -1.95. The standard InChI is InChI=1S/C12H8BrN3O2/c13-8-3-1-7(2-4-8)9-6-14-16-11(18)5-10(17)15-12(9)16/h1-4,6H,5H2,(H,15,17). The Labute approximate surface area is 111 Å². The van der Waals surface area contributed by atoms with Crippen LogP contribution in [0.15, 0.2) is 34.9 Å². The summed E-state index contributed by atoms with van der Waals surface area (Å²) in [6, 6.07) is 7.58. The molecular weight excluding hydrogens is 298 g/mol. The van der Waals surface area contributed by atoms with E-state index in [2.05, 4.69) is 26.3 Å². The Morgan fingerprint density at radius 3 is 2.67 bits per heavy atom. The van der Waals surface area contributed by atoms with Crippen LogP contribution in [-0.2, 0) is 4.79 Å². The number of amides is 1. The van der Waals surface area contributed by atoms with E-state index in [-0.39, 0.29) is 18.2 Å². The highest BCUT2D eigenvalue weighted by molar-refractivity contribution is 9.10. The van der Waals surface area contributed by atoms with Crippen molar-refractivity contribution in [2.75, 3.05) is 5.32 Å². The van der Waals surface area contributed by atoms with Crippen molar-refractivity contribution >= 4 is 33.6 Å². The summed E-state index contributed by atoms with van der Waals surface area (Å²) in [5.41, 5.74) is 1.64. The molecule has 1 aliphatic heterocycles. The third-order valence-corrected chi connectivity index (χ3v) is 3.26. The number of nitrogens with zero attached hydrogens (tertiary/aromatic N) is 2. The van der Waals surface area contributed by atoms with Gasteiger partial charge in [-0.05, 0) is 17.7 Å². The molecule has 2 aromatic rings. The molecule has 1 aromatic carbocycles. The molecule has 5 nitrogen and oxygen atoms in total. The lowest BCUT2D eigenvalue weighted by atomic mass is 10.1. The minimum atomic E-state index is -0.308. The van der Waals surface area contributed by atoms with Crippen LogP contribution in [0.4, 0.5) is 5.82 Å². The molecule has 1 aliphatic rings. The zero-order chi connectivity index (χ0) is 12.7. The fourth-order valence-corrected chi connectivity index (χ4v) is 2.15. The van der Waals surface area contributed by atoms with Crippen LogP contribution in [-0.4, -0.2) is 21.6 Å². The summed E-state index contributed by atoms with van der Waals surface area (Å²) >= 11 is 3.36. The van der Waals surface area contributed by atoms with E-state index in [9.17, 15) is 9.59 Å². The quantitative estimate of drug-likeness (QED) is 0.822. The average Bonchev–Trinajstić information content (AvgIpc) is 2.74. The molecule has 0 saturated heterocycles. The van der Waals surface area contributed by atoms with Crippen LogP contribution < -0.4 is 5.32 Å². The largest absolute Gasteiger partial charge is 0.310 e. The molecule has 0 aliphatic carbocycles. The van der Waals surface area contributed by atoms with Crippen molar-refractivity contribution in [1.82, 2.24) is 9.78 Å². The van der Waals surface area contributed by atoms with Crippen LogP contribution >= 0.6 is 15.9 Å². The fourth-order valence-electron chi connectivity index (χ4n) is 1.89. The lowest BCUT2D eigenvalue weighted by Crippen LogP contribution is -2.29. The monoisotopic (exact) mass is 305 g/mol.